The molecule has 1 aliphatic heterocycles. The molecule has 0 spiro atoms. The monoisotopic (exact) mass is 282 g/mol. The van der Waals surface area contributed by atoms with E-state index in [4.69, 9.17) is 9.26 Å². The second-order valence-corrected chi connectivity index (χ2v) is 5.89. The van der Waals surface area contributed by atoms with Gasteiger partial charge in [-0.1, -0.05) is 0 Å². The van der Waals surface area contributed by atoms with Crippen molar-refractivity contribution in [2.75, 3.05) is 18.0 Å². The van der Waals surface area contributed by atoms with E-state index in [0.29, 0.717) is 11.8 Å². The minimum absolute atomic E-state index is 0.176. The molecule has 7 heteroatoms. The summed E-state index contributed by atoms with van der Waals surface area (Å²) in [4.78, 5) is 17.9. The van der Waals surface area contributed by atoms with Crippen molar-refractivity contribution >= 4 is 12.0 Å². The third kappa shape index (κ3) is 4.40. The Morgan fingerprint density at radius 3 is 2.70 bits per heavy atom. The lowest BCUT2D eigenvalue weighted by Crippen LogP contribution is -2.32. The molecule has 0 aliphatic carbocycles. The first-order valence-electron chi connectivity index (χ1n) is 6.98. The zero-order valence-corrected chi connectivity index (χ0v) is 12.3. The van der Waals surface area contributed by atoms with Crippen molar-refractivity contribution in [2.24, 2.45) is 0 Å². The van der Waals surface area contributed by atoms with Gasteiger partial charge in [-0.15, -0.1) is 0 Å². The second kappa shape index (κ2) is 6.11. The van der Waals surface area contributed by atoms with Gasteiger partial charge in [0.1, 0.15) is 12.1 Å². The van der Waals surface area contributed by atoms with Crippen LogP contribution < -0.4 is 10.2 Å². The zero-order chi connectivity index (χ0) is 14.6. The third-order valence-electron chi connectivity index (χ3n) is 2.88. The van der Waals surface area contributed by atoms with Crippen LogP contribution in [0.15, 0.2) is 4.52 Å². The minimum atomic E-state index is -0.516. The van der Waals surface area contributed by atoms with Crippen LogP contribution in [0.1, 0.15) is 45.9 Å². The largest absolute Gasteiger partial charge is 0.444 e. The van der Waals surface area contributed by atoms with Gasteiger partial charge in [0.05, 0.1) is 0 Å². The van der Waals surface area contributed by atoms with Crippen molar-refractivity contribution in [3.05, 3.63) is 5.89 Å². The maximum atomic E-state index is 11.5. The highest BCUT2D eigenvalue weighted by Gasteiger charge is 2.19. The maximum Gasteiger partial charge on any atom is 0.408 e. The summed E-state index contributed by atoms with van der Waals surface area (Å²) in [6, 6.07) is 0. The number of hydrogen-bond donors (Lipinski definition) is 1. The van der Waals surface area contributed by atoms with Gasteiger partial charge in [-0.3, -0.25) is 0 Å². The standard InChI is InChI=1S/C13H22N4O3/c1-13(2,3)19-12(18)14-9-10-15-11(16-20-10)17-7-5-4-6-8-17/h4-9H2,1-3H3,(H,14,18). The molecule has 1 N–H and O–H groups in total. The van der Waals surface area contributed by atoms with Gasteiger partial charge < -0.3 is 19.5 Å². The van der Waals surface area contributed by atoms with Gasteiger partial charge in [0.25, 0.3) is 5.95 Å². The smallest absolute Gasteiger partial charge is 0.408 e. The van der Waals surface area contributed by atoms with E-state index in [1.165, 1.54) is 6.42 Å². The Labute approximate surface area is 118 Å². The van der Waals surface area contributed by atoms with Crippen LogP contribution in [0, 0.1) is 0 Å². The van der Waals surface area contributed by atoms with Gasteiger partial charge >= 0.3 is 6.09 Å². The Morgan fingerprint density at radius 1 is 1.35 bits per heavy atom. The molecule has 7 nitrogen and oxygen atoms in total. The average molecular weight is 282 g/mol. The fourth-order valence-corrected chi connectivity index (χ4v) is 2.00. The van der Waals surface area contributed by atoms with Crippen LogP contribution in [0.25, 0.3) is 0 Å². The van der Waals surface area contributed by atoms with Gasteiger partial charge in [0.2, 0.25) is 5.89 Å². The van der Waals surface area contributed by atoms with Crippen LogP contribution in [0.2, 0.25) is 0 Å². The predicted octanol–water partition coefficient (Wildman–Crippen LogP) is 2.08. The molecule has 1 fully saturated rings. The summed E-state index contributed by atoms with van der Waals surface area (Å²) in [6.07, 6.45) is 3.07. The lowest BCUT2D eigenvalue weighted by atomic mass is 10.1. The molecule has 1 saturated heterocycles. The number of anilines is 1. The molecule has 0 aromatic carbocycles. The van der Waals surface area contributed by atoms with Crippen molar-refractivity contribution in [2.45, 2.75) is 52.2 Å². The van der Waals surface area contributed by atoms with Gasteiger partial charge in [0, 0.05) is 13.1 Å². The number of rotatable bonds is 3. The lowest BCUT2D eigenvalue weighted by molar-refractivity contribution is 0.0518. The molecule has 1 aliphatic rings. The molecule has 2 heterocycles. The maximum absolute atomic E-state index is 11.5. The summed E-state index contributed by atoms with van der Waals surface area (Å²) in [5.41, 5.74) is -0.516. The van der Waals surface area contributed by atoms with E-state index in [-0.39, 0.29) is 6.54 Å². The average Bonchev–Trinajstić information content (AvgIpc) is 2.84. The highest BCUT2D eigenvalue weighted by atomic mass is 16.6. The molecule has 0 bridgehead atoms. The first-order valence-corrected chi connectivity index (χ1v) is 6.98. The number of piperidine rings is 1. The molecule has 0 saturated carbocycles. The molecule has 0 atom stereocenters. The molecule has 1 amide bonds. The van der Waals surface area contributed by atoms with Crippen LogP contribution in [0.5, 0.6) is 0 Å². The zero-order valence-electron chi connectivity index (χ0n) is 12.3. The molecule has 112 valence electrons. The number of ether oxygens (including phenoxy) is 1. The van der Waals surface area contributed by atoms with Crippen LogP contribution >= 0.6 is 0 Å². The first-order chi connectivity index (χ1) is 9.44. The summed E-state index contributed by atoms with van der Waals surface area (Å²) in [7, 11) is 0. The summed E-state index contributed by atoms with van der Waals surface area (Å²) in [5, 5.41) is 6.54. The normalized spacial score (nSPS) is 16.1. The van der Waals surface area contributed by atoms with E-state index in [9.17, 15) is 4.79 Å². The molecule has 1 aromatic rings. The van der Waals surface area contributed by atoms with Crippen molar-refractivity contribution in [1.29, 1.82) is 0 Å². The number of alkyl carbamates (subject to hydrolysis) is 1. The number of carbonyl (C=O) groups is 1. The molecule has 20 heavy (non-hydrogen) atoms. The van der Waals surface area contributed by atoms with Crippen LogP contribution in [-0.4, -0.2) is 34.9 Å². The topological polar surface area (TPSA) is 80.5 Å². The van der Waals surface area contributed by atoms with E-state index in [0.717, 1.165) is 25.9 Å². The number of carbonyl (C=O) groups excluding carboxylic acids is 1. The Kier molecular flexibility index (Phi) is 4.46. The highest BCUT2D eigenvalue weighted by molar-refractivity contribution is 5.67. The molecular weight excluding hydrogens is 260 g/mol. The Hall–Kier alpha value is -1.79. The fraction of sp³-hybridized carbons (Fsp3) is 0.769. The Morgan fingerprint density at radius 2 is 2.05 bits per heavy atom. The van der Waals surface area contributed by atoms with Crippen molar-refractivity contribution in [1.82, 2.24) is 15.5 Å². The molecular formula is C13H22N4O3. The van der Waals surface area contributed by atoms with Crippen molar-refractivity contribution in [3.8, 4) is 0 Å². The first kappa shape index (κ1) is 14.6. The van der Waals surface area contributed by atoms with Gasteiger partial charge in [-0.05, 0) is 45.2 Å². The number of amides is 1. The number of aromatic nitrogens is 2. The van der Waals surface area contributed by atoms with Gasteiger partial charge in [-0.25, -0.2) is 4.79 Å². The summed E-state index contributed by atoms with van der Waals surface area (Å²) >= 11 is 0. The highest BCUT2D eigenvalue weighted by Crippen LogP contribution is 2.16. The summed E-state index contributed by atoms with van der Waals surface area (Å²) in [5.74, 6) is 0.988. The van der Waals surface area contributed by atoms with Crippen molar-refractivity contribution < 1.29 is 14.1 Å². The Bertz CT molecular complexity index is 447. The van der Waals surface area contributed by atoms with Crippen molar-refractivity contribution in [3.63, 3.8) is 0 Å². The predicted molar refractivity (Wildman–Crippen MR) is 73.4 cm³/mol. The van der Waals surface area contributed by atoms with E-state index >= 15 is 0 Å². The summed E-state index contributed by atoms with van der Waals surface area (Å²) < 4.78 is 10.3. The third-order valence-corrected chi connectivity index (χ3v) is 2.88. The SMILES string of the molecule is CC(C)(C)OC(=O)NCc1nc(N2CCCCC2)no1. The number of nitrogens with one attached hydrogen (secondary N) is 1. The lowest BCUT2D eigenvalue weighted by Gasteiger charge is -2.24. The number of hydrogen-bond acceptors (Lipinski definition) is 6. The second-order valence-electron chi connectivity index (χ2n) is 5.89. The van der Waals surface area contributed by atoms with E-state index in [1.54, 1.807) is 0 Å². The van der Waals surface area contributed by atoms with E-state index in [1.807, 2.05) is 20.8 Å². The minimum Gasteiger partial charge on any atom is -0.444 e. The van der Waals surface area contributed by atoms with Crippen LogP contribution in [-0.2, 0) is 11.3 Å². The van der Waals surface area contributed by atoms with Gasteiger partial charge in [-0.2, -0.15) is 4.98 Å². The van der Waals surface area contributed by atoms with Crippen LogP contribution in [0.3, 0.4) is 0 Å². The summed E-state index contributed by atoms with van der Waals surface area (Å²) in [6.45, 7) is 7.53. The molecule has 1 aromatic heterocycles. The number of nitrogens with zero attached hydrogens (tertiary/aromatic N) is 3. The van der Waals surface area contributed by atoms with Gasteiger partial charge in [0.15, 0.2) is 0 Å². The fourth-order valence-electron chi connectivity index (χ4n) is 2.00. The molecule has 0 radical (unpaired) electrons. The molecule has 0 unspecified atom stereocenters. The van der Waals surface area contributed by atoms with E-state index < -0.39 is 11.7 Å². The molecule has 2 rings (SSSR count). The Balaban J connectivity index is 1.82. The van der Waals surface area contributed by atoms with Crippen LogP contribution in [0.4, 0.5) is 10.7 Å². The van der Waals surface area contributed by atoms with E-state index in [2.05, 4.69) is 20.4 Å². The quantitative estimate of drug-likeness (QED) is 0.914.